The van der Waals surface area contributed by atoms with Gasteiger partial charge in [-0.25, -0.2) is 4.79 Å². The molecule has 0 unspecified atom stereocenters. The molecule has 2 aromatic rings. The van der Waals surface area contributed by atoms with Gasteiger partial charge in [-0.3, -0.25) is 10.00 Å². The van der Waals surface area contributed by atoms with Gasteiger partial charge in [-0.05, 0) is 30.9 Å². The Bertz CT molecular complexity index is 694. The minimum Gasteiger partial charge on any atom is -0.334 e. The lowest BCUT2D eigenvalue weighted by Gasteiger charge is -2.32. The molecule has 6 nitrogen and oxygen atoms in total. The smallest absolute Gasteiger partial charge is 0.317 e. The first-order valence-corrected chi connectivity index (χ1v) is 9.59. The van der Waals surface area contributed by atoms with Gasteiger partial charge in [0, 0.05) is 56.6 Å². The van der Waals surface area contributed by atoms with E-state index in [1.165, 1.54) is 11.3 Å². The second kappa shape index (κ2) is 7.91. The van der Waals surface area contributed by atoms with Crippen LogP contribution in [0.3, 0.4) is 0 Å². The van der Waals surface area contributed by atoms with E-state index in [0.717, 1.165) is 52.0 Å². The molecule has 2 aliphatic rings. The lowest BCUT2D eigenvalue weighted by Crippen LogP contribution is -2.48. The molecule has 0 bridgehead atoms. The van der Waals surface area contributed by atoms with Crippen LogP contribution in [0.15, 0.2) is 42.6 Å². The van der Waals surface area contributed by atoms with E-state index in [1.54, 1.807) is 6.20 Å². The maximum atomic E-state index is 12.6. The number of urea groups is 1. The van der Waals surface area contributed by atoms with Crippen molar-refractivity contribution in [2.24, 2.45) is 0 Å². The number of hydrogen-bond donors (Lipinski definition) is 2. The highest BCUT2D eigenvalue weighted by Gasteiger charge is 2.28. The fourth-order valence-corrected chi connectivity index (χ4v) is 4.09. The molecular weight excluding hydrogens is 326 g/mol. The van der Waals surface area contributed by atoms with Crippen LogP contribution in [-0.2, 0) is 6.54 Å². The Hall–Kier alpha value is -2.34. The van der Waals surface area contributed by atoms with E-state index in [0.29, 0.717) is 5.92 Å². The molecule has 1 aromatic carbocycles. The van der Waals surface area contributed by atoms with Crippen LogP contribution >= 0.6 is 0 Å². The van der Waals surface area contributed by atoms with Gasteiger partial charge >= 0.3 is 6.03 Å². The molecule has 2 aliphatic heterocycles. The highest BCUT2D eigenvalue weighted by atomic mass is 16.2. The number of carbonyl (C=O) groups excluding carboxylic acids is 1. The molecule has 0 aliphatic carbocycles. The third kappa shape index (κ3) is 4.07. The highest BCUT2D eigenvalue weighted by Crippen LogP contribution is 2.26. The maximum Gasteiger partial charge on any atom is 0.317 e. The summed E-state index contributed by atoms with van der Waals surface area (Å²) < 4.78 is 0. The van der Waals surface area contributed by atoms with Crippen LogP contribution in [0, 0.1) is 0 Å². The van der Waals surface area contributed by atoms with Crippen molar-refractivity contribution in [2.75, 3.05) is 26.2 Å². The first-order valence-electron chi connectivity index (χ1n) is 9.59. The van der Waals surface area contributed by atoms with E-state index < -0.39 is 0 Å². The molecule has 6 heteroatoms. The summed E-state index contributed by atoms with van der Waals surface area (Å²) >= 11 is 0. The fourth-order valence-electron chi connectivity index (χ4n) is 4.09. The lowest BCUT2D eigenvalue weighted by atomic mass is 9.94. The van der Waals surface area contributed by atoms with Gasteiger partial charge in [-0.2, -0.15) is 5.10 Å². The van der Waals surface area contributed by atoms with Crippen LogP contribution < -0.4 is 5.32 Å². The molecule has 4 rings (SSSR count). The Labute approximate surface area is 154 Å². The predicted octanol–water partition coefficient (Wildman–Crippen LogP) is 2.57. The van der Waals surface area contributed by atoms with Crippen molar-refractivity contribution in [1.82, 2.24) is 25.3 Å². The van der Waals surface area contributed by atoms with E-state index in [-0.39, 0.29) is 12.1 Å². The van der Waals surface area contributed by atoms with Gasteiger partial charge in [-0.15, -0.1) is 0 Å². The summed E-state index contributed by atoms with van der Waals surface area (Å²) in [4.78, 5) is 17.0. The van der Waals surface area contributed by atoms with Crippen molar-refractivity contribution in [3.8, 4) is 0 Å². The number of aromatic amines is 1. The van der Waals surface area contributed by atoms with E-state index >= 15 is 0 Å². The fraction of sp³-hybridized carbons (Fsp3) is 0.500. The van der Waals surface area contributed by atoms with Crippen LogP contribution in [-0.4, -0.2) is 58.2 Å². The van der Waals surface area contributed by atoms with Crippen molar-refractivity contribution < 1.29 is 4.79 Å². The number of rotatable bonds is 4. The molecule has 1 aromatic heterocycles. The predicted molar refractivity (Wildman–Crippen MR) is 101 cm³/mol. The van der Waals surface area contributed by atoms with Crippen molar-refractivity contribution in [2.45, 2.75) is 37.8 Å². The maximum absolute atomic E-state index is 12.6. The van der Waals surface area contributed by atoms with Crippen molar-refractivity contribution in [1.29, 1.82) is 0 Å². The van der Waals surface area contributed by atoms with Crippen molar-refractivity contribution in [3.05, 3.63) is 53.9 Å². The van der Waals surface area contributed by atoms with Gasteiger partial charge in [0.2, 0.25) is 0 Å². The Balaban J connectivity index is 1.22. The number of aromatic nitrogens is 2. The Morgan fingerprint density at radius 1 is 1.12 bits per heavy atom. The third-order valence-electron chi connectivity index (χ3n) is 5.59. The molecule has 1 atom stereocenters. The number of likely N-dealkylation sites (tertiary alicyclic amines) is 2. The zero-order valence-corrected chi connectivity index (χ0v) is 15.1. The Kier molecular flexibility index (Phi) is 5.20. The van der Waals surface area contributed by atoms with E-state index in [4.69, 9.17) is 0 Å². The quantitative estimate of drug-likeness (QED) is 0.888. The van der Waals surface area contributed by atoms with Gasteiger partial charge in [0.1, 0.15) is 0 Å². The number of carbonyl (C=O) groups is 1. The van der Waals surface area contributed by atoms with Crippen LogP contribution in [0.5, 0.6) is 0 Å². The number of piperidine rings is 1. The molecule has 26 heavy (non-hydrogen) atoms. The van der Waals surface area contributed by atoms with Gasteiger partial charge in [-0.1, -0.05) is 30.3 Å². The molecule has 0 spiro atoms. The molecule has 2 amide bonds. The lowest BCUT2D eigenvalue weighted by molar-refractivity contribution is 0.177. The average molecular weight is 353 g/mol. The summed E-state index contributed by atoms with van der Waals surface area (Å²) in [7, 11) is 0. The zero-order chi connectivity index (χ0) is 17.8. The monoisotopic (exact) mass is 353 g/mol. The summed E-state index contributed by atoms with van der Waals surface area (Å²) in [5, 5.41) is 10.3. The second-order valence-electron chi connectivity index (χ2n) is 7.43. The zero-order valence-electron chi connectivity index (χ0n) is 15.1. The molecule has 138 valence electrons. The SMILES string of the molecule is O=C(N[C@H]1CCN(Cc2ccccc2)C1)N1CCC(c2ccn[nH]2)CC1. The van der Waals surface area contributed by atoms with Crippen LogP contribution in [0.25, 0.3) is 0 Å². The highest BCUT2D eigenvalue weighted by molar-refractivity contribution is 5.74. The Morgan fingerprint density at radius 2 is 1.92 bits per heavy atom. The number of benzene rings is 1. The normalized spacial score (nSPS) is 21.8. The number of nitrogens with zero attached hydrogens (tertiary/aromatic N) is 3. The standard InChI is InChI=1S/C20H27N5O/c26-20(25-12-7-17(8-13-25)19-6-10-21-23-19)22-18-9-11-24(15-18)14-16-4-2-1-3-5-16/h1-6,10,17-18H,7-9,11-15H2,(H,21,23)(H,22,26)/t18-/m0/s1. The summed E-state index contributed by atoms with van der Waals surface area (Å²) in [6.07, 6.45) is 4.83. The van der Waals surface area contributed by atoms with Crippen LogP contribution in [0.4, 0.5) is 4.79 Å². The van der Waals surface area contributed by atoms with Crippen LogP contribution in [0.1, 0.15) is 36.4 Å². The molecule has 2 fully saturated rings. The minimum atomic E-state index is 0.0969. The number of hydrogen-bond acceptors (Lipinski definition) is 3. The number of H-pyrrole nitrogens is 1. The first kappa shape index (κ1) is 17.1. The summed E-state index contributed by atoms with van der Waals surface area (Å²) in [5.41, 5.74) is 2.53. The topological polar surface area (TPSA) is 64.3 Å². The molecule has 0 saturated carbocycles. The average Bonchev–Trinajstić information content (AvgIpc) is 3.35. The van der Waals surface area contributed by atoms with E-state index in [1.807, 2.05) is 17.0 Å². The Morgan fingerprint density at radius 3 is 2.65 bits per heavy atom. The first-order chi connectivity index (χ1) is 12.8. The van der Waals surface area contributed by atoms with E-state index in [9.17, 15) is 4.79 Å². The number of amides is 2. The summed E-state index contributed by atoms with van der Waals surface area (Å²) in [6, 6.07) is 12.9. The van der Waals surface area contributed by atoms with Crippen molar-refractivity contribution >= 4 is 6.03 Å². The molecule has 3 heterocycles. The molecule has 0 radical (unpaired) electrons. The van der Waals surface area contributed by atoms with Gasteiger partial charge in [0.25, 0.3) is 0 Å². The van der Waals surface area contributed by atoms with Gasteiger partial charge in [0.15, 0.2) is 0 Å². The van der Waals surface area contributed by atoms with Gasteiger partial charge < -0.3 is 10.2 Å². The van der Waals surface area contributed by atoms with E-state index in [2.05, 4.69) is 44.7 Å². The summed E-state index contributed by atoms with van der Waals surface area (Å²) in [5.74, 6) is 0.495. The minimum absolute atomic E-state index is 0.0969. The number of nitrogens with one attached hydrogen (secondary N) is 2. The third-order valence-corrected chi connectivity index (χ3v) is 5.59. The second-order valence-corrected chi connectivity index (χ2v) is 7.43. The molecule has 2 N–H and O–H groups in total. The largest absolute Gasteiger partial charge is 0.334 e. The molecular formula is C20H27N5O. The molecule has 2 saturated heterocycles. The van der Waals surface area contributed by atoms with Crippen molar-refractivity contribution in [3.63, 3.8) is 0 Å². The summed E-state index contributed by atoms with van der Waals surface area (Å²) in [6.45, 7) is 4.57. The van der Waals surface area contributed by atoms with Crippen LogP contribution in [0.2, 0.25) is 0 Å². The van der Waals surface area contributed by atoms with Gasteiger partial charge in [0.05, 0.1) is 0 Å².